The zero-order valence-electron chi connectivity index (χ0n) is 10.9. The minimum absolute atomic E-state index is 0.368. The van der Waals surface area contributed by atoms with E-state index in [1.165, 1.54) is 0 Å². The van der Waals surface area contributed by atoms with Gasteiger partial charge in [0.05, 0.1) is 14.2 Å². The Morgan fingerprint density at radius 3 is 2.50 bits per heavy atom. The zero-order valence-corrected chi connectivity index (χ0v) is 10.9. The van der Waals surface area contributed by atoms with Crippen LogP contribution in [0.1, 0.15) is 18.4 Å². The Bertz CT molecular complexity index is 421. The summed E-state index contributed by atoms with van der Waals surface area (Å²) in [5, 5.41) is 0. The molecule has 1 fully saturated rings. The van der Waals surface area contributed by atoms with Gasteiger partial charge in [-0.1, -0.05) is 6.07 Å². The van der Waals surface area contributed by atoms with Crippen LogP contribution in [0, 0.1) is 0 Å². The molecule has 0 amide bonds. The van der Waals surface area contributed by atoms with Crippen molar-refractivity contribution in [3.8, 4) is 11.5 Å². The van der Waals surface area contributed by atoms with Crippen molar-refractivity contribution in [3.63, 3.8) is 0 Å². The maximum Gasteiger partial charge on any atom is 0.135 e. The first-order valence-electron chi connectivity index (χ1n) is 6.18. The van der Waals surface area contributed by atoms with Crippen molar-refractivity contribution in [3.05, 3.63) is 23.8 Å². The first kappa shape index (κ1) is 12.9. The second-order valence-electron chi connectivity index (χ2n) is 4.49. The van der Waals surface area contributed by atoms with Gasteiger partial charge in [-0.3, -0.25) is 9.69 Å². The lowest BCUT2D eigenvalue weighted by Gasteiger charge is -2.26. The van der Waals surface area contributed by atoms with Crippen molar-refractivity contribution < 1.29 is 14.3 Å². The van der Waals surface area contributed by atoms with Gasteiger partial charge < -0.3 is 9.47 Å². The highest BCUT2D eigenvalue weighted by molar-refractivity contribution is 5.79. The lowest BCUT2D eigenvalue weighted by atomic mass is 10.1. The van der Waals surface area contributed by atoms with Crippen LogP contribution in [-0.4, -0.2) is 38.0 Å². The molecule has 0 aromatic heterocycles. The fraction of sp³-hybridized carbons (Fsp3) is 0.500. The number of benzene rings is 1. The molecule has 0 spiro atoms. The van der Waals surface area contributed by atoms with Gasteiger partial charge in [0, 0.05) is 44.1 Å². The number of hydrogen-bond donors (Lipinski definition) is 0. The Morgan fingerprint density at radius 2 is 1.89 bits per heavy atom. The predicted molar refractivity (Wildman–Crippen MR) is 69.1 cm³/mol. The Morgan fingerprint density at radius 1 is 1.17 bits per heavy atom. The summed E-state index contributed by atoms with van der Waals surface area (Å²) in [6.45, 7) is 2.50. The van der Waals surface area contributed by atoms with Crippen LogP contribution in [-0.2, 0) is 11.3 Å². The predicted octanol–water partition coefficient (Wildman–Crippen LogP) is 1.87. The maximum atomic E-state index is 11.2. The van der Waals surface area contributed by atoms with Gasteiger partial charge >= 0.3 is 0 Å². The van der Waals surface area contributed by atoms with E-state index in [9.17, 15) is 4.79 Å². The average Bonchev–Trinajstić information content (AvgIpc) is 2.41. The Hall–Kier alpha value is -1.55. The number of rotatable bonds is 4. The lowest BCUT2D eigenvalue weighted by molar-refractivity contribution is -0.121. The second kappa shape index (κ2) is 5.87. The number of piperidine rings is 1. The molecule has 2 rings (SSSR count). The number of likely N-dealkylation sites (tertiary alicyclic amines) is 1. The molecule has 4 nitrogen and oxygen atoms in total. The van der Waals surface area contributed by atoms with Gasteiger partial charge in [-0.25, -0.2) is 0 Å². The van der Waals surface area contributed by atoms with Crippen LogP contribution < -0.4 is 9.47 Å². The van der Waals surface area contributed by atoms with Crippen LogP contribution in [0.5, 0.6) is 11.5 Å². The topological polar surface area (TPSA) is 38.8 Å². The number of carbonyl (C=O) groups is 1. The van der Waals surface area contributed by atoms with Gasteiger partial charge in [0.2, 0.25) is 0 Å². The molecule has 0 saturated carbocycles. The number of carbonyl (C=O) groups excluding carboxylic acids is 1. The summed E-state index contributed by atoms with van der Waals surface area (Å²) in [5.74, 6) is 2.00. The van der Waals surface area contributed by atoms with E-state index in [0.29, 0.717) is 18.6 Å². The number of nitrogens with zero attached hydrogens (tertiary/aromatic N) is 1. The highest BCUT2D eigenvalue weighted by Gasteiger charge is 2.17. The van der Waals surface area contributed by atoms with Gasteiger partial charge in [0.15, 0.2) is 0 Å². The number of ketones is 1. The molecule has 1 aromatic rings. The third-order valence-corrected chi connectivity index (χ3v) is 3.30. The van der Waals surface area contributed by atoms with E-state index in [2.05, 4.69) is 4.90 Å². The quantitative estimate of drug-likeness (QED) is 0.816. The van der Waals surface area contributed by atoms with E-state index in [4.69, 9.17) is 9.47 Å². The van der Waals surface area contributed by atoms with Crippen molar-refractivity contribution in [1.29, 1.82) is 0 Å². The molecule has 18 heavy (non-hydrogen) atoms. The molecule has 0 radical (unpaired) electrons. The molecule has 1 saturated heterocycles. The molecule has 0 N–H and O–H groups in total. The fourth-order valence-corrected chi connectivity index (χ4v) is 2.18. The maximum absolute atomic E-state index is 11.2. The van der Waals surface area contributed by atoms with Crippen LogP contribution in [0.4, 0.5) is 0 Å². The van der Waals surface area contributed by atoms with Crippen molar-refractivity contribution in [2.75, 3.05) is 27.3 Å². The zero-order chi connectivity index (χ0) is 13.0. The van der Waals surface area contributed by atoms with E-state index in [-0.39, 0.29) is 0 Å². The molecule has 0 bridgehead atoms. The molecular weight excluding hydrogens is 230 g/mol. The summed E-state index contributed by atoms with van der Waals surface area (Å²) in [6.07, 6.45) is 1.33. The van der Waals surface area contributed by atoms with Crippen LogP contribution in [0.2, 0.25) is 0 Å². The molecule has 1 aliphatic heterocycles. The molecule has 0 aliphatic carbocycles. The molecule has 1 heterocycles. The van der Waals surface area contributed by atoms with E-state index < -0.39 is 0 Å². The number of methoxy groups -OCH3 is 2. The first-order chi connectivity index (χ1) is 8.72. The van der Waals surface area contributed by atoms with Gasteiger partial charge in [-0.05, 0) is 6.07 Å². The van der Waals surface area contributed by atoms with Crippen molar-refractivity contribution in [2.45, 2.75) is 19.4 Å². The SMILES string of the molecule is COc1ccc(CN2CCC(=O)CC2)c(OC)c1. The van der Waals surface area contributed by atoms with E-state index >= 15 is 0 Å². The number of Topliss-reactive ketones (excluding diaryl/α,β-unsaturated/α-hetero) is 1. The third kappa shape index (κ3) is 3.01. The van der Waals surface area contributed by atoms with Gasteiger partial charge in [-0.15, -0.1) is 0 Å². The van der Waals surface area contributed by atoms with Crippen LogP contribution in [0.15, 0.2) is 18.2 Å². The van der Waals surface area contributed by atoms with E-state index in [1.54, 1.807) is 14.2 Å². The standard InChI is InChI=1S/C14H19NO3/c1-17-13-4-3-11(14(9-13)18-2)10-15-7-5-12(16)6-8-15/h3-4,9H,5-8,10H2,1-2H3. The Labute approximate surface area is 107 Å². The molecular formula is C14H19NO3. The van der Waals surface area contributed by atoms with Crippen molar-refractivity contribution >= 4 is 5.78 Å². The summed E-state index contributed by atoms with van der Waals surface area (Å²) < 4.78 is 10.6. The van der Waals surface area contributed by atoms with Crippen LogP contribution >= 0.6 is 0 Å². The minimum atomic E-state index is 0.368. The molecule has 1 aromatic carbocycles. The monoisotopic (exact) mass is 249 g/mol. The second-order valence-corrected chi connectivity index (χ2v) is 4.49. The van der Waals surface area contributed by atoms with Gasteiger partial charge in [0.1, 0.15) is 17.3 Å². The molecule has 1 aliphatic rings. The highest BCUT2D eigenvalue weighted by Crippen LogP contribution is 2.26. The Kier molecular flexibility index (Phi) is 4.20. The summed E-state index contributed by atoms with van der Waals surface area (Å²) in [7, 11) is 3.31. The van der Waals surface area contributed by atoms with Gasteiger partial charge in [0.25, 0.3) is 0 Å². The van der Waals surface area contributed by atoms with Gasteiger partial charge in [-0.2, -0.15) is 0 Å². The van der Waals surface area contributed by atoms with Crippen molar-refractivity contribution in [2.24, 2.45) is 0 Å². The molecule has 4 heteroatoms. The van der Waals surface area contributed by atoms with Crippen LogP contribution in [0.25, 0.3) is 0 Å². The summed E-state index contributed by atoms with van der Waals surface area (Å²) in [4.78, 5) is 13.5. The summed E-state index contributed by atoms with van der Waals surface area (Å²) in [5.41, 5.74) is 1.13. The normalized spacial score (nSPS) is 16.7. The highest BCUT2D eigenvalue weighted by atomic mass is 16.5. The number of ether oxygens (including phenoxy) is 2. The van der Waals surface area contributed by atoms with E-state index in [1.807, 2.05) is 18.2 Å². The third-order valence-electron chi connectivity index (χ3n) is 3.30. The summed E-state index contributed by atoms with van der Waals surface area (Å²) in [6, 6.07) is 5.85. The smallest absolute Gasteiger partial charge is 0.135 e. The van der Waals surface area contributed by atoms with Crippen molar-refractivity contribution in [1.82, 2.24) is 4.90 Å². The largest absolute Gasteiger partial charge is 0.497 e. The average molecular weight is 249 g/mol. The Balaban J connectivity index is 2.06. The minimum Gasteiger partial charge on any atom is -0.497 e. The number of hydrogen-bond acceptors (Lipinski definition) is 4. The van der Waals surface area contributed by atoms with Crippen LogP contribution in [0.3, 0.4) is 0 Å². The summed E-state index contributed by atoms with van der Waals surface area (Å²) >= 11 is 0. The first-order valence-corrected chi connectivity index (χ1v) is 6.18. The molecule has 0 atom stereocenters. The lowest BCUT2D eigenvalue weighted by Crippen LogP contribution is -2.33. The molecule has 98 valence electrons. The molecule has 0 unspecified atom stereocenters. The van der Waals surface area contributed by atoms with E-state index in [0.717, 1.165) is 36.7 Å². The fourth-order valence-electron chi connectivity index (χ4n) is 2.18.